The van der Waals surface area contributed by atoms with Crippen LogP contribution < -0.4 is 10.1 Å². The number of ether oxygens (including phenoxy) is 1. The van der Waals surface area contributed by atoms with Crippen molar-refractivity contribution in [1.82, 2.24) is 14.2 Å². The summed E-state index contributed by atoms with van der Waals surface area (Å²) in [6, 6.07) is 7.82. The molecular weight excluding hydrogens is 388 g/mol. The molecule has 1 aromatic carbocycles. The lowest BCUT2D eigenvalue weighted by Crippen LogP contribution is -2.12. The lowest BCUT2D eigenvalue weighted by molar-refractivity contribution is 0.102. The Morgan fingerprint density at radius 1 is 1.35 bits per heavy atom. The quantitative estimate of drug-likeness (QED) is 0.596. The van der Waals surface area contributed by atoms with E-state index in [-0.39, 0.29) is 5.91 Å². The Hall–Kier alpha value is -1.97. The fourth-order valence-electron chi connectivity index (χ4n) is 2.40. The first-order chi connectivity index (χ1) is 12.6. The topological polar surface area (TPSA) is 69.0 Å². The number of amides is 1. The van der Waals surface area contributed by atoms with E-state index in [1.54, 1.807) is 18.0 Å². The molecule has 2 heterocycles. The molecule has 1 amide bonds. The molecule has 26 heavy (non-hydrogen) atoms. The number of anilines is 1. The number of benzene rings is 1. The van der Waals surface area contributed by atoms with Gasteiger partial charge in [0.2, 0.25) is 0 Å². The van der Waals surface area contributed by atoms with Crippen molar-refractivity contribution in [3.63, 3.8) is 0 Å². The zero-order valence-corrected chi connectivity index (χ0v) is 17.0. The number of nitrogens with one attached hydrogen (secondary N) is 1. The molecule has 1 N–H and O–H groups in total. The van der Waals surface area contributed by atoms with Gasteiger partial charge in [-0.3, -0.25) is 9.48 Å². The van der Waals surface area contributed by atoms with Gasteiger partial charge in [0.15, 0.2) is 0 Å². The van der Waals surface area contributed by atoms with Crippen molar-refractivity contribution in [2.45, 2.75) is 15.8 Å². The van der Waals surface area contributed by atoms with Crippen molar-refractivity contribution >= 4 is 46.7 Å². The van der Waals surface area contributed by atoms with Crippen molar-refractivity contribution in [2.75, 3.05) is 24.9 Å². The number of thioether (sulfide) groups is 2. The van der Waals surface area contributed by atoms with Gasteiger partial charge in [0, 0.05) is 6.20 Å². The van der Waals surface area contributed by atoms with Gasteiger partial charge in [-0.15, -0.1) is 23.5 Å². The first kappa shape index (κ1) is 18.8. The number of hydrogen-bond donors (Lipinski definition) is 1. The van der Waals surface area contributed by atoms with E-state index >= 15 is 0 Å². The number of methoxy groups -OCH3 is 1. The smallest absolute Gasteiger partial charge is 0.260 e. The molecule has 0 radical (unpaired) electrons. The molecule has 0 bridgehead atoms. The highest BCUT2D eigenvalue weighted by Crippen LogP contribution is 2.33. The van der Waals surface area contributed by atoms with Gasteiger partial charge in [0.25, 0.3) is 5.91 Å². The Bertz CT molecular complexity index is 886. The van der Waals surface area contributed by atoms with Crippen LogP contribution in [0, 0.1) is 0 Å². The van der Waals surface area contributed by atoms with Crippen LogP contribution in [0.3, 0.4) is 0 Å². The van der Waals surface area contributed by atoms with Gasteiger partial charge in [0.05, 0.1) is 35.3 Å². The van der Waals surface area contributed by atoms with Gasteiger partial charge >= 0.3 is 0 Å². The third kappa shape index (κ3) is 4.22. The monoisotopic (exact) mass is 406 g/mol. The average molecular weight is 407 g/mol. The normalized spacial score (nSPS) is 10.7. The minimum Gasteiger partial charge on any atom is -0.497 e. The highest BCUT2D eigenvalue weighted by molar-refractivity contribution is 8.01. The molecule has 0 fully saturated rings. The van der Waals surface area contributed by atoms with E-state index in [1.165, 1.54) is 35.1 Å². The summed E-state index contributed by atoms with van der Waals surface area (Å²) in [5.74, 6) is 0.649. The van der Waals surface area contributed by atoms with Crippen LogP contribution >= 0.6 is 35.1 Å². The molecule has 0 saturated carbocycles. The summed E-state index contributed by atoms with van der Waals surface area (Å²) in [6.45, 7) is 0.596. The Morgan fingerprint density at radius 2 is 2.19 bits per heavy atom. The fraction of sp³-hybridized carbons (Fsp3) is 0.235. The van der Waals surface area contributed by atoms with Crippen LogP contribution in [-0.4, -0.2) is 39.7 Å². The predicted molar refractivity (Wildman–Crippen MR) is 108 cm³/mol. The van der Waals surface area contributed by atoms with Gasteiger partial charge in [-0.05, 0) is 41.7 Å². The van der Waals surface area contributed by atoms with Crippen molar-refractivity contribution in [3.05, 3.63) is 47.8 Å². The van der Waals surface area contributed by atoms with Crippen LogP contribution in [0.25, 0.3) is 0 Å². The molecule has 0 saturated heterocycles. The molecule has 3 rings (SSSR count). The van der Waals surface area contributed by atoms with Gasteiger partial charge < -0.3 is 10.1 Å². The van der Waals surface area contributed by atoms with E-state index < -0.39 is 0 Å². The zero-order chi connectivity index (χ0) is 18.5. The minimum absolute atomic E-state index is 0.159. The van der Waals surface area contributed by atoms with Crippen molar-refractivity contribution < 1.29 is 9.53 Å². The van der Waals surface area contributed by atoms with Crippen LogP contribution in [0.4, 0.5) is 5.69 Å². The highest BCUT2D eigenvalue weighted by Gasteiger charge is 2.20. The number of aromatic nitrogens is 3. The summed E-state index contributed by atoms with van der Waals surface area (Å²) in [6.07, 6.45) is 7.33. The second-order valence-corrected chi connectivity index (χ2v) is 7.93. The summed E-state index contributed by atoms with van der Waals surface area (Å²) in [5, 5.41) is 7.99. The molecule has 0 aliphatic rings. The number of rotatable bonds is 7. The molecule has 0 spiro atoms. The van der Waals surface area contributed by atoms with E-state index in [2.05, 4.69) is 14.8 Å². The molecule has 0 unspecified atom stereocenters. The zero-order valence-electron chi connectivity index (χ0n) is 14.6. The maximum absolute atomic E-state index is 12.7. The maximum Gasteiger partial charge on any atom is 0.260 e. The second-order valence-electron chi connectivity index (χ2n) is 5.29. The van der Waals surface area contributed by atoms with E-state index in [0.29, 0.717) is 17.8 Å². The molecule has 0 atom stereocenters. The molecule has 9 heteroatoms. The number of carbonyl (C=O) groups excluding carboxylic acids is 1. The SMILES string of the molecule is COc1cccc(Cn2cc(NC(=O)c3c(SC)nsc3SC)cn2)c1. The standard InChI is InChI=1S/C17H18N4O2S3/c1-23-13-6-4-5-11(7-13)9-21-10-12(8-18-21)19-15(22)14-16(24-2)20-26-17(14)25-3/h4-8,10H,9H2,1-3H3,(H,19,22). The predicted octanol–water partition coefficient (Wildman–Crippen LogP) is 4.09. The number of hydrogen-bond acceptors (Lipinski definition) is 7. The van der Waals surface area contributed by atoms with E-state index in [1.807, 2.05) is 43.0 Å². The van der Waals surface area contributed by atoms with Crippen LogP contribution in [0.1, 0.15) is 15.9 Å². The van der Waals surface area contributed by atoms with Gasteiger partial charge in [-0.2, -0.15) is 9.47 Å². The van der Waals surface area contributed by atoms with Crippen molar-refractivity contribution in [3.8, 4) is 5.75 Å². The molecule has 136 valence electrons. The van der Waals surface area contributed by atoms with Gasteiger partial charge in [-0.1, -0.05) is 12.1 Å². The lowest BCUT2D eigenvalue weighted by Gasteiger charge is -2.05. The Kier molecular flexibility index (Phi) is 6.23. The van der Waals surface area contributed by atoms with Crippen LogP contribution in [-0.2, 0) is 6.54 Å². The molecule has 2 aromatic heterocycles. The van der Waals surface area contributed by atoms with Crippen molar-refractivity contribution in [1.29, 1.82) is 0 Å². The van der Waals surface area contributed by atoms with E-state index in [4.69, 9.17) is 4.74 Å². The third-order valence-corrected chi connectivity index (χ3v) is 6.35. The third-order valence-electron chi connectivity index (χ3n) is 3.61. The summed E-state index contributed by atoms with van der Waals surface area (Å²) >= 11 is 4.35. The fourth-order valence-corrected chi connectivity index (χ4v) is 4.68. The molecule has 3 aromatic rings. The average Bonchev–Trinajstić information content (AvgIpc) is 3.27. The summed E-state index contributed by atoms with van der Waals surface area (Å²) in [5.41, 5.74) is 2.36. The minimum atomic E-state index is -0.159. The molecule has 0 aliphatic carbocycles. The number of carbonyl (C=O) groups is 1. The Labute approximate surface area is 164 Å². The highest BCUT2D eigenvalue weighted by atomic mass is 32.2. The maximum atomic E-state index is 12.7. The summed E-state index contributed by atoms with van der Waals surface area (Å²) in [7, 11) is 1.64. The summed E-state index contributed by atoms with van der Waals surface area (Å²) < 4.78 is 12.3. The molecule has 0 aliphatic heterocycles. The van der Waals surface area contributed by atoms with Gasteiger partial charge in [0.1, 0.15) is 10.8 Å². The lowest BCUT2D eigenvalue weighted by atomic mass is 10.2. The van der Waals surface area contributed by atoms with Crippen LogP contribution in [0.15, 0.2) is 45.9 Å². The Balaban J connectivity index is 1.72. The largest absolute Gasteiger partial charge is 0.497 e. The first-order valence-electron chi connectivity index (χ1n) is 7.69. The van der Waals surface area contributed by atoms with E-state index in [0.717, 1.165) is 20.5 Å². The summed E-state index contributed by atoms with van der Waals surface area (Å²) in [4.78, 5) is 12.7. The van der Waals surface area contributed by atoms with Crippen LogP contribution in [0.2, 0.25) is 0 Å². The second kappa shape index (κ2) is 8.61. The van der Waals surface area contributed by atoms with Crippen molar-refractivity contribution in [2.24, 2.45) is 0 Å². The van der Waals surface area contributed by atoms with Crippen LogP contribution in [0.5, 0.6) is 5.75 Å². The Morgan fingerprint density at radius 3 is 2.92 bits per heavy atom. The molecule has 6 nitrogen and oxygen atoms in total. The van der Waals surface area contributed by atoms with E-state index in [9.17, 15) is 4.79 Å². The van der Waals surface area contributed by atoms with Gasteiger partial charge in [-0.25, -0.2) is 0 Å². The molecular formula is C17H18N4O2S3. The number of nitrogens with zero attached hydrogens (tertiary/aromatic N) is 3. The first-order valence-corrected chi connectivity index (χ1v) is 10.9.